The summed E-state index contributed by atoms with van der Waals surface area (Å²) in [6.07, 6.45) is 7.83. The molecule has 0 radical (unpaired) electrons. The molecule has 3 heteroatoms. The first-order valence-electron chi connectivity index (χ1n) is 7.63. The fourth-order valence-electron chi connectivity index (χ4n) is 3.11. The molecule has 1 aromatic heterocycles. The van der Waals surface area contributed by atoms with E-state index in [4.69, 9.17) is 0 Å². The SMILES string of the molecule is CCc1ccc2c(ccn2CC(=O)NC2CCCC2)c1. The Morgan fingerprint density at radius 3 is 2.85 bits per heavy atom. The van der Waals surface area contributed by atoms with Gasteiger partial charge in [0.1, 0.15) is 6.54 Å². The first kappa shape index (κ1) is 13.2. The monoisotopic (exact) mass is 270 g/mol. The molecule has 0 aliphatic heterocycles. The van der Waals surface area contributed by atoms with Gasteiger partial charge < -0.3 is 9.88 Å². The van der Waals surface area contributed by atoms with Crippen LogP contribution in [0, 0.1) is 0 Å². The Balaban J connectivity index is 1.72. The van der Waals surface area contributed by atoms with Crippen molar-refractivity contribution in [1.82, 2.24) is 9.88 Å². The van der Waals surface area contributed by atoms with Gasteiger partial charge in [-0.2, -0.15) is 0 Å². The molecule has 3 nitrogen and oxygen atoms in total. The maximum atomic E-state index is 12.1. The van der Waals surface area contributed by atoms with E-state index in [0.29, 0.717) is 12.6 Å². The van der Waals surface area contributed by atoms with E-state index < -0.39 is 0 Å². The van der Waals surface area contributed by atoms with Gasteiger partial charge in [-0.1, -0.05) is 25.8 Å². The van der Waals surface area contributed by atoms with Gasteiger partial charge >= 0.3 is 0 Å². The van der Waals surface area contributed by atoms with Gasteiger partial charge in [-0.25, -0.2) is 0 Å². The van der Waals surface area contributed by atoms with E-state index >= 15 is 0 Å². The summed E-state index contributed by atoms with van der Waals surface area (Å²) < 4.78 is 2.04. The quantitative estimate of drug-likeness (QED) is 0.909. The second-order valence-corrected chi connectivity index (χ2v) is 5.74. The molecule has 3 rings (SSSR count). The minimum Gasteiger partial charge on any atom is -0.352 e. The summed E-state index contributed by atoms with van der Waals surface area (Å²) in [5.41, 5.74) is 2.48. The molecule has 20 heavy (non-hydrogen) atoms. The molecule has 1 fully saturated rings. The zero-order chi connectivity index (χ0) is 13.9. The summed E-state index contributed by atoms with van der Waals surface area (Å²) in [6.45, 7) is 2.58. The van der Waals surface area contributed by atoms with Gasteiger partial charge in [-0.05, 0) is 48.4 Å². The molecule has 2 aromatic rings. The number of fused-ring (bicyclic) bond motifs is 1. The molecule has 106 valence electrons. The van der Waals surface area contributed by atoms with Crippen molar-refractivity contribution in [3.8, 4) is 0 Å². The zero-order valence-corrected chi connectivity index (χ0v) is 12.1. The number of nitrogens with one attached hydrogen (secondary N) is 1. The number of aryl methyl sites for hydroxylation is 1. The van der Waals surface area contributed by atoms with E-state index in [-0.39, 0.29) is 5.91 Å². The van der Waals surface area contributed by atoms with Crippen LogP contribution in [0.4, 0.5) is 0 Å². The Kier molecular flexibility index (Phi) is 3.77. The van der Waals surface area contributed by atoms with Crippen LogP contribution in [0.25, 0.3) is 10.9 Å². The second kappa shape index (κ2) is 5.70. The average molecular weight is 270 g/mol. The summed E-state index contributed by atoms with van der Waals surface area (Å²) in [5.74, 6) is 0.133. The topological polar surface area (TPSA) is 34.0 Å². The predicted molar refractivity (Wildman–Crippen MR) is 81.7 cm³/mol. The summed E-state index contributed by atoms with van der Waals surface area (Å²) in [7, 11) is 0. The van der Waals surface area contributed by atoms with Crippen LogP contribution in [-0.4, -0.2) is 16.5 Å². The number of amides is 1. The van der Waals surface area contributed by atoms with E-state index in [2.05, 4.69) is 36.5 Å². The van der Waals surface area contributed by atoms with E-state index in [1.165, 1.54) is 23.8 Å². The molecule has 0 saturated heterocycles. The zero-order valence-electron chi connectivity index (χ0n) is 12.1. The number of rotatable bonds is 4. The lowest BCUT2D eigenvalue weighted by atomic mass is 10.1. The summed E-state index contributed by atoms with van der Waals surface area (Å²) in [5, 5.41) is 4.37. The Morgan fingerprint density at radius 1 is 1.30 bits per heavy atom. The molecule has 1 N–H and O–H groups in total. The van der Waals surface area contributed by atoms with Crippen molar-refractivity contribution in [2.45, 2.75) is 51.6 Å². The second-order valence-electron chi connectivity index (χ2n) is 5.74. The van der Waals surface area contributed by atoms with Crippen LogP contribution in [0.1, 0.15) is 38.2 Å². The minimum atomic E-state index is 0.133. The van der Waals surface area contributed by atoms with Crippen molar-refractivity contribution in [2.24, 2.45) is 0 Å². The number of aromatic nitrogens is 1. The van der Waals surface area contributed by atoms with Gasteiger partial charge in [0, 0.05) is 17.8 Å². The highest BCUT2D eigenvalue weighted by Gasteiger charge is 2.17. The normalized spacial score (nSPS) is 15.8. The highest BCUT2D eigenvalue weighted by molar-refractivity contribution is 5.84. The Bertz CT molecular complexity index is 608. The van der Waals surface area contributed by atoms with Crippen LogP contribution in [0.5, 0.6) is 0 Å². The molecule has 1 amide bonds. The molecule has 1 aliphatic rings. The molecular formula is C17H22N2O. The van der Waals surface area contributed by atoms with Crippen LogP contribution in [0.15, 0.2) is 30.5 Å². The Labute approximate surface area is 120 Å². The fraction of sp³-hybridized carbons (Fsp3) is 0.471. The summed E-state index contributed by atoms with van der Waals surface area (Å²) >= 11 is 0. The van der Waals surface area contributed by atoms with Gasteiger partial charge in [-0.15, -0.1) is 0 Å². The lowest BCUT2D eigenvalue weighted by Crippen LogP contribution is -2.35. The van der Waals surface area contributed by atoms with Crippen molar-refractivity contribution in [3.63, 3.8) is 0 Å². The van der Waals surface area contributed by atoms with Gasteiger partial charge in [-0.3, -0.25) is 4.79 Å². The van der Waals surface area contributed by atoms with Crippen LogP contribution >= 0.6 is 0 Å². The third kappa shape index (κ3) is 2.72. The van der Waals surface area contributed by atoms with Crippen molar-refractivity contribution in [2.75, 3.05) is 0 Å². The standard InChI is InChI=1S/C17H22N2O/c1-2-13-7-8-16-14(11-13)9-10-19(16)12-17(20)18-15-5-3-4-6-15/h7-11,15H,2-6,12H2,1H3,(H,18,20). The minimum absolute atomic E-state index is 0.133. The molecule has 0 unspecified atom stereocenters. The van der Waals surface area contributed by atoms with Gasteiger partial charge in [0.15, 0.2) is 0 Å². The fourth-order valence-corrected chi connectivity index (χ4v) is 3.11. The molecule has 0 bridgehead atoms. The van der Waals surface area contributed by atoms with E-state index in [9.17, 15) is 4.79 Å². The number of benzene rings is 1. The van der Waals surface area contributed by atoms with Crippen LogP contribution < -0.4 is 5.32 Å². The number of nitrogens with zero attached hydrogens (tertiary/aromatic N) is 1. The maximum absolute atomic E-state index is 12.1. The number of hydrogen-bond donors (Lipinski definition) is 1. The molecule has 1 heterocycles. The summed E-state index contributed by atoms with van der Waals surface area (Å²) in [4.78, 5) is 12.1. The number of carbonyl (C=O) groups is 1. The average Bonchev–Trinajstić information content (AvgIpc) is 3.08. The van der Waals surface area contributed by atoms with Crippen LogP contribution in [0.2, 0.25) is 0 Å². The van der Waals surface area contributed by atoms with Crippen LogP contribution in [-0.2, 0) is 17.8 Å². The molecule has 1 saturated carbocycles. The van der Waals surface area contributed by atoms with Gasteiger partial charge in [0.2, 0.25) is 5.91 Å². The van der Waals surface area contributed by atoms with Crippen LogP contribution in [0.3, 0.4) is 0 Å². The largest absolute Gasteiger partial charge is 0.352 e. The maximum Gasteiger partial charge on any atom is 0.240 e. The number of hydrogen-bond acceptors (Lipinski definition) is 1. The summed E-state index contributed by atoms with van der Waals surface area (Å²) in [6, 6.07) is 8.97. The molecule has 1 aliphatic carbocycles. The molecule has 0 spiro atoms. The first-order valence-corrected chi connectivity index (χ1v) is 7.63. The highest BCUT2D eigenvalue weighted by Crippen LogP contribution is 2.19. The van der Waals surface area contributed by atoms with E-state index in [1.807, 2.05) is 10.8 Å². The number of carbonyl (C=O) groups excluding carboxylic acids is 1. The smallest absolute Gasteiger partial charge is 0.240 e. The highest BCUT2D eigenvalue weighted by atomic mass is 16.2. The third-order valence-electron chi connectivity index (χ3n) is 4.28. The lowest BCUT2D eigenvalue weighted by Gasteiger charge is -2.12. The Hall–Kier alpha value is -1.77. The van der Waals surface area contributed by atoms with Crippen molar-refractivity contribution >= 4 is 16.8 Å². The van der Waals surface area contributed by atoms with Crippen molar-refractivity contribution in [3.05, 3.63) is 36.0 Å². The predicted octanol–water partition coefficient (Wildman–Crippen LogP) is 3.26. The molecular weight excluding hydrogens is 248 g/mol. The Morgan fingerprint density at radius 2 is 2.10 bits per heavy atom. The lowest BCUT2D eigenvalue weighted by molar-refractivity contribution is -0.122. The third-order valence-corrected chi connectivity index (χ3v) is 4.28. The van der Waals surface area contributed by atoms with Gasteiger partial charge in [0.05, 0.1) is 0 Å². The van der Waals surface area contributed by atoms with E-state index in [0.717, 1.165) is 24.8 Å². The first-order chi connectivity index (χ1) is 9.76. The molecule has 0 atom stereocenters. The van der Waals surface area contributed by atoms with Crippen molar-refractivity contribution < 1.29 is 4.79 Å². The van der Waals surface area contributed by atoms with Gasteiger partial charge in [0.25, 0.3) is 0 Å². The van der Waals surface area contributed by atoms with E-state index in [1.54, 1.807) is 0 Å². The van der Waals surface area contributed by atoms with Crippen molar-refractivity contribution in [1.29, 1.82) is 0 Å². The molecule has 1 aromatic carbocycles.